The first-order chi connectivity index (χ1) is 12.2. The van der Waals surface area contributed by atoms with Crippen molar-refractivity contribution >= 4 is 23.2 Å². The Morgan fingerprint density at radius 3 is 2.92 bits per heavy atom. The Hall–Kier alpha value is -2.93. The highest BCUT2D eigenvalue weighted by atomic mass is 35.5. The van der Waals surface area contributed by atoms with Crippen LogP contribution in [0.4, 0.5) is 5.69 Å². The molecule has 0 spiro atoms. The van der Waals surface area contributed by atoms with Gasteiger partial charge in [0.25, 0.3) is 0 Å². The third-order valence-corrected chi connectivity index (χ3v) is 3.66. The molecule has 7 nitrogen and oxygen atoms in total. The van der Waals surface area contributed by atoms with E-state index in [1.165, 1.54) is 7.11 Å². The van der Waals surface area contributed by atoms with E-state index in [9.17, 15) is 4.79 Å². The number of nitrogens with one attached hydrogen (secondary N) is 1. The highest BCUT2D eigenvalue weighted by Crippen LogP contribution is 2.27. The van der Waals surface area contributed by atoms with Gasteiger partial charge in [0.1, 0.15) is 11.4 Å². The van der Waals surface area contributed by atoms with E-state index in [2.05, 4.69) is 20.4 Å². The van der Waals surface area contributed by atoms with E-state index in [0.29, 0.717) is 40.3 Å². The number of nitrogens with zero attached hydrogens (tertiary/aromatic N) is 3. The number of aryl methyl sites for hydroxylation is 1. The van der Waals surface area contributed by atoms with Crippen LogP contribution in [-0.2, 0) is 11.2 Å². The van der Waals surface area contributed by atoms with Crippen LogP contribution in [0.15, 0.2) is 47.1 Å². The largest absolute Gasteiger partial charge is 0.495 e. The maximum Gasteiger partial charge on any atom is 0.227 e. The maximum absolute atomic E-state index is 12.0. The fourth-order valence-corrected chi connectivity index (χ4v) is 2.40. The molecular formula is C17H15ClN4O3. The Morgan fingerprint density at radius 2 is 2.20 bits per heavy atom. The Kier molecular flexibility index (Phi) is 5.25. The van der Waals surface area contributed by atoms with Crippen molar-refractivity contribution in [2.75, 3.05) is 12.4 Å². The first-order valence-electron chi connectivity index (χ1n) is 7.53. The van der Waals surface area contributed by atoms with Crippen LogP contribution in [0.1, 0.15) is 12.3 Å². The summed E-state index contributed by atoms with van der Waals surface area (Å²) in [5, 5.41) is 7.06. The number of ether oxygens (including phenoxy) is 1. The molecule has 0 fully saturated rings. The Balaban J connectivity index is 1.56. The van der Waals surface area contributed by atoms with Crippen LogP contribution in [0.3, 0.4) is 0 Å². The summed E-state index contributed by atoms with van der Waals surface area (Å²) in [5.41, 5.74) is 1.21. The Morgan fingerprint density at radius 1 is 1.32 bits per heavy atom. The Bertz CT molecular complexity index is 867. The van der Waals surface area contributed by atoms with Crippen molar-refractivity contribution in [3.8, 4) is 17.3 Å². The standard InChI is InChI=1S/C17H15ClN4O3/c1-24-14-6-5-11(10-12(14)18)20-15(23)7-8-16-21-17(22-25-16)13-4-2-3-9-19-13/h2-6,9-10H,7-8H2,1H3,(H,20,23). The van der Waals surface area contributed by atoms with Gasteiger partial charge in [-0.15, -0.1) is 0 Å². The van der Waals surface area contributed by atoms with Gasteiger partial charge in [0.2, 0.25) is 17.6 Å². The molecule has 25 heavy (non-hydrogen) atoms. The van der Waals surface area contributed by atoms with Crippen LogP contribution in [0.25, 0.3) is 11.5 Å². The third-order valence-electron chi connectivity index (χ3n) is 3.36. The number of benzene rings is 1. The van der Waals surface area contributed by atoms with Crippen molar-refractivity contribution < 1.29 is 14.1 Å². The first kappa shape index (κ1) is 16.9. The number of carbonyl (C=O) groups is 1. The van der Waals surface area contributed by atoms with E-state index in [-0.39, 0.29) is 12.3 Å². The molecule has 0 saturated heterocycles. The number of amides is 1. The topological polar surface area (TPSA) is 90.1 Å². The summed E-state index contributed by atoms with van der Waals surface area (Å²) in [7, 11) is 1.53. The molecule has 128 valence electrons. The second-order valence-electron chi connectivity index (χ2n) is 5.12. The molecule has 2 aromatic heterocycles. The van der Waals surface area contributed by atoms with Gasteiger partial charge in [-0.3, -0.25) is 9.78 Å². The normalized spacial score (nSPS) is 10.5. The molecule has 1 amide bonds. The molecule has 0 bridgehead atoms. The summed E-state index contributed by atoms with van der Waals surface area (Å²) >= 11 is 6.03. The lowest BCUT2D eigenvalue weighted by molar-refractivity contribution is -0.116. The lowest BCUT2D eigenvalue weighted by Gasteiger charge is -2.07. The fourth-order valence-electron chi connectivity index (χ4n) is 2.14. The van der Waals surface area contributed by atoms with Crippen LogP contribution >= 0.6 is 11.6 Å². The second-order valence-corrected chi connectivity index (χ2v) is 5.53. The number of halogens is 1. The molecule has 0 radical (unpaired) electrons. The van der Waals surface area contributed by atoms with Gasteiger partial charge < -0.3 is 14.6 Å². The average Bonchev–Trinajstić information content (AvgIpc) is 3.10. The van der Waals surface area contributed by atoms with Crippen molar-refractivity contribution in [2.45, 2.75) is 12.8 Å². The first-order valence-corrected chi connectivity index (χ1v) is 7.91. The Labute approximate surface area is 149 Å². The van der Waals surface area contributed by atoms with Crippen LogP contribution < -0.4 is 10.1 Å². The van der Waals surface area contributed by atoms with Crippen molar-refractivity contribution in [3.05, 3.63) is 53.5 Å². The van der Waals surface area contributed by atoms with Gasteiger partial charge in [-0.05, 0) is 30.3 Å². The zero-order valence-electron chi connectivity index (χ0n) is 13.4. The molecule has 8 heteroatoms. The van der Waals surface area contributed by atoms with E-state index in [4.69, 9.17) is 20.9 Å². The summed E-state index contributed by atoms with van der Waals surface area (Å²) < 4.78 is 10.2. The van der Waals surface area contributed by atoms with Gasteiger partial charge >= 0.3 is 0 Å². The molecule has 0 aliphatic carbocycles. The number of hydrogen-bond donors (Lipinski definition) is 1. The number of methoxy groups -OCH3 is 1. The highest BCUT2D eigenvalue weighted by molar-refractivity contribution is 6.32. The summed E-state index contributed by atoms with van der Waals surface area (Å²) in [6, 6.07) is 10.5. The van der Waals surface area contributed by atoms with Crippen LogP contribution in [0, 0.1) is 0 Å². The summed E-state index contributed by atoms with van der Waals surface area (Å²) in [4.78, 5) is 20.4. The second kappa shape index (κ2) is 7.76. The van der Waals surface area contributed by atoms with E-state index in [0.717, 1.165) is 0 Å². The molecule has 3 rings (SSSR count). The van der Waals surface area contributed by atoms with Crippen LogP contribution in [0.2, 0.25) is 5.02 Å². The predicted octanol–water partition coefficient (Wildman–Crippen LogP) is 3.36. The number of anilines is 1. The van der Waals surface area contributed by atoms with Crippen LogP contribution in [0.5, 0.6) is 5.75 Å². The van der Waals surface area contributed by atoms with Crippen molar-refractivity contribution in [1.29, 1.82) is 0 Å². The SMILES string of the molecule is COc1ccc(NC(=O)CCc2nc(-c3ccccn3)no2)cc1Cl. The minimum Gasteiger partial charge on any atom is -0.495 e. The predicted molar refractivity (Wildman–Crippen MR) is 92.5 cm³/mol. The average molecular weight is 359 g/mol. The smallest absolute Gasteiger partial charge is 0.227 e. The van der Waals surface area contributed by atoms with Gasteiger partial charge in [0.15, 0.2) is 0 Å². The summed E-state index contributed by atoms with van der Waals surface area (Å²) in [6.45, 7) is 0. The van der Waals surface area contributed by atoms with Crippen molar-refractivity contribution in [3.63, 3.8) is 0 Å². The summed E-state index contributed by atoms with van der Waals surface area (Å²) in [5.74, 6) is 1.15. The molecular weight excluding hydrogens is 344 g/mol. The minimum absolute atomic E-state index is 0.182. The molecule has 1 aromatic carbocycles. The molecule has 0 atom stereocenters. The van der Waals surface area contributed by atoms with E-state index >= 15 is 0 Å². The van der Waals surface area contributed by atoms with Gasteiger partial charge in [-0.1, -0.05) is 22.8 Å². The van der Waals surface area contributed by atoms with Crippen molar-refractivity contribution in [2.24, 2.45) is 0 Å². The molecule has 0 saturated carbocycles. The lowest BCUT2D eigenvalue weighted by Crippen LogP contribution is -2.12. The minimum atomic E-state index is -0.182. The van der Waals surface area contributed by atoms with E-state index in [1.807, 2.05) is 6.07 Å². The van der Waals surface area contributed by atoms with Gasteiger partial charge in [0, 0.05) is 24.7 Å². The van der Waals surface area contributed by atoms with E-state index in [1.54, 1.807) is 36.5 Å². The molecule has 2 heterocycles. The zero-order chi connectivity index (χ0) is 17.6. The molecule has 3 aromatic rings. The quantitative estimate of drug-likeness (QED) is 0.726. The van der Waals surface area contributed by atoms with Gasteiger partial charge in [0.05, 0.1) is 12.1 Å². The van der Waals surface area contributed by atoms with Crippen LogP contribution in [-0.4, -0.2) is 28.1 Å². The van der Waals surface area contributed by atoms with Gasteiger partial charge in [-0.2, -0.15) is 4.98 Å². The zero-order valence-corrected chi connectivity index (χ0v) is 14.2. The van der Waals surface area contributed by atoms with Gasteiger partial charge in [-0.25, -0.2) is 0 Å². The summed E-state index contributed by atoms with van der Waals surface area (Å²) in [6.07, 6.45) is 2.18. The molecule has 1 N–H and O–H groups in total. The molecule has 0 aliphatic heterocycles. The number of hydrogen-bond acceptors (Lipinski definition) is 6. The number of pyridine rings is 1. The molecule has 0 unspecified atom stereocenters. The fraction of sp³-hybridized carbons (Fsp3) is 0.176. The number of rotatable bonds is 6. The van der Waals surface area contributed by atoms with E-state index < -0.39 is 0 Å². The van der Waals surface area contributed by atoms with Crippen molar-refractivity contribution in [1.82, 2.24) is 15.1 Å². The number of aromatic nitrogens is 3. The monoisotopic (exact) mass is 358 g/mol. The number of carbonyl (C=O) groups excluding carboxylic acids is 1. The maximum atomic E-state index is 12.0. The third kappa shape index (κ3) is 4.33. The lowest BCUT2D eigenvalue weighted by atomic mass is 10.2. The molecule has 0 aliphatic rings. The highest BCUT2D eigenvalue weighted by Gasteiger charge is 2.12.